The number of benzene rings is 2. The summed E-state index contributed by atoms with van der Waals surface area (Å²) in [6, 6.07) is 12.2. The van der Waals surface area contributed by atoms with E-state index in [1.807, 2.05) is 18.2 Å². The Morgan fingerprint density at radius 1 is 0.803 bits per heavy atom. The topological polar surface area (TPSA) is 265 Å². The van der Waals surface area contributed by atoms with Crippen LogP contribution in [-0.2, 0) is 46.3 Å². The molecule has 0 spiro atoms. The number of halogens is 2. The fraction of sp³-hybridized carbons (Fsp3) is 0.357. The van der Waals surface area contributed by atoms with Crippen molar-refractivity contribution in [3.05, 3.63) is 106 Å². The Hall–Kier alpha value is -6.33. The Morgan fingerprint density at radius 3 is 2.00 bits per heavy atom. The van der Waals surface area contributed by atoms with Crippen LogP contribution in [0.2, 0.25) is 10.0 Å². The summed E-state index contributed by atoms with van der Waals surface area (Å²) in [4.78, 5) is 121. The van der Waals surface area contributed by atoms with E-state index in [2.05, 4.69) is 42.7 Å². The molecule has 0 aliphatic rings. The number of hydrogen-bond acceptors (Lipinski definition) is 12. The molecule has 2 aromatic carbocycles. The van der Waals surface area contributed by atoms with Crippen molar-refractivity contribution < 1.29 is 53.0 Å². The molecule has 0 saturated heterocycles. The summed E-state index contributed by atoms with van der Waals surface area (Å²) in [6.45, 7) is 3.58. The van der Waals surface area contributed by atoms with Crippen molar-refractivity contribution >= 4 is 76.4 Å². The number of carboxylic acid groups (broad SMARTS) is 1. The van der Waals surface area contributed by atoms with Crippen LogP contribution in [0, 0.1) is 11.8 Å². The van der Waals surface area contributed by atoms with Gasteiger partial charge >= 0.3 is 11.9 Å². The maximum Gasteiger partial charge on any atom is 0.341 e. The Labute approximate surface area is 360 Å². The summed E-state index contributed by atoms with van der Waals surface area (Å²) < 4.78 is 4.90. The maximum atomic E-state index is 12.4. The van der Waals surface area contributed by atoms with Crippen molar-refractivity contribution in [2.24, 2.45) is 11.8 Å². The minimum absolute atomic E-state index is 0.0142. The van der Waals surface area contributed by atoms with Gasteiger partial charge in [-0.15, -0.1) is 0 Å². The zero-order chi connectivity index (χ0) is 45.1. The number of hydrogen-bond donors (Lipinski definition) is 5. The lowest BCUT2D eigenvalue weighted by Gasteiger charge is -2.18. The van der Waals surface area contributed by atoms with Gasteiger partial charge in [0, 0.05) is 55.4 Å². The van der Waals surface area contributed by atoms with Crippen LogP contribution in [0.3, 0.4) is 0 Å². The van der Waals surface area contributed by atoms with Gasteiger partial charge in [0.15, 0.2) is 35.6 Å². The molecule has 2 heterocycles. The fourth-order valence-corrected chi connectivity index (χ4v) is 6.16. The summed E-state index contributed by atoms with van der Waals surface area (Å²) in [5.41, 5.74) is 2.00. The number of aromatic nitrogens is 4. The van der Waals surface area contributed by atoms with Gasteiger partial charge in [0.25, 0.3) is 0 Å². The van der Waals surface area contributed by atoms with Crippen molar-refractivity contribution in [2.75, 3.05) is 6.61 Å². The van der Waals surface area contributed by atoms with E-state index < -0.39 is 72.3 Å². The number of aldehydes is 1. The average Bonchev–Trinajstić information content (AvgIpc) is 3.93. The zero-order valence-corrected chi connectivity index (χ0v) is 35.1. The van der Waals surface area contributed by atoms with Crippen molar-refractivity contribution in [3.63, 3.8) is 0 Å². The number of carbonyl (C=O) groups excluding carboxylic acids is 8. The molecule has 1 unspecified atom stereocenters. The van der Waals surface area contributed by atoms with E-state index in [1.165, 1.54) is 50.0 Å². The number of imidazole rings is 2. The van der Waals surface area contributed by atoms with Crippen molar-refractivity contribution in [1.82, 2.24) is 30.6 Å². The number of rotatable bonds is 23. The number of ketones is 4. The van der Waals surface area contributed by atoms with Crippen LogP contribution < -0.4 is 10.6 Å². The van der Waals surface area contributed by atoms with Crippen LogP contribution in [-0.4, -0.2) is 96.9 Å². The van der Waals surface area contributed by atoms with E-state index in [-0.39, 0.29) is 58.1 Å². The quantitative estimate of drug-likeness (QED) is 0.0383. The molecule has 5 N–H and O–H groups in total. The van der Waals surface area contributed by atoms with Crippen LogP contribution in [0.25, 0.3) is 0 Å². The van der Waals surface area contributed by atoms with Crippen LogP contribution in [0.5, 0.6) is 0 Å². The number of aryl methyl sites for hydroxylation is 2. The highest BCUT2D eigenvalue weighted by Gasteiger charge is 2.29. The second-order valence-corrected chi connectivity index (χ2v) is 14.9. The molecule has 0 radical (unpaired) electrons. The van der Waals surface area contributed by atoms with E-state index >= 15 is 0 Å². The van der Waals surface area contributed by atoms with E-state index in [9.17, 15) is 43.2 Å². The summed E-state index contributed by atoms with van der Waals surface area (Å²) in [5.74, 6) is -6.44. The lowest BCUT2D eigenvalue weighted by Crippen LogP contribution is -2.46. The first-order valence-electron chi connectivity index (χ1n) is 19.0. The highest BCUT2D eigenvalue weighted by Crippen LogP contribution is 2.25. The number of carbonyl (C=O) groups is 9. The molecule has 2 aromatic heterocycles. The third kappa shape index (κ3) is 16.7. The van der Waals surface area contributed by atoms with E-state index in [4.69, 9.17) is 33.0 Å². The van der Waals surface area contributed by atoms with Gasteiger partial charge in [0.2, 0.25) is 11.8 Å². The molecule has 4 aromatic rings. The van der Waals surface area contributed by atoms with Gasteiger partial charge in [0.1, 0.15) is 18.1 Å². The molecule has 0 aliphatic heterocycles. The van der Waals surface area contributed by atoms with Gasteiger partial charge in [0.05, 0.1) is 28.1 Å². The SMILES string of the molecule is CC(=O)C[C@@H](C=O)NC(=O)[C@H](C)CC(=O)c1ncc(CCCc2ccccc2)[nH]1.C[C@H](CC(=O)c1ncc[nH]1)C(=O)NC(CC(=O)O)C(=O)COC(=O)c1c(Cl)cccc1Cl. The van der Waals surface area contributed by atoms with Gasteiger partial charge in [-0.25, -0.2) is 14.8 Å². The molecule has 0 bridgehead atoms. The highest BCUT2D eigenvalue weighted by atomic mass is 35.5. The van der Waals surface area contributed by atoms with Crippen LogP contribution in [0.1, 0.15) is 95.7 Å². The monoisotopic (exact) mass is 880 g/mol. The second kappa shape index (κ2) is 24.7. The summed E-state index contributed by atoms with van der Waals surface area (Å²) in [6.07, 6.45) is 6.63. The number of aromatic amines is 2. The molecule has 324 valence electrons. The molecule has 17 nitrogen and oxygen atoms in total. The third-order valence-corrected chi connectivity index (χ3v) is 9.51. The molecule has 0 fully saturated rings. The predicted molar refractivity (Wildman–Crippen MR) is 221 cm³/mol. The Balaban J connectivity index is 0.000000327. The molecule has 4 rings (SSSR count). The van der Waals surface area contributed by atoms with Gasteiger partial charge < -0.3 is 35.2 Å². The number of amides is 2. The highest BCUT2D eigenvalue weighted by molar-refractivity contribution is 6.39. The average molecular weight is 882 g/mol. The number of nitrogens with zero attached hydrogens (tertiary/aromatic N) is 2. The smallest absolute Gasteiger partial charge is 0.341 e. The Kier molecular flexibility index (Phi) is 19.8. The number of H-pyrrole nitrogens is 2. The number of carboxylic acids is 1. The summed E-state index contributed by atoms with van der Waals surface area (Å²) >= 11 is 11.8. The number of Topliss-reactive ketones (excluding diaryl/α,β-unsaturated/α-hetero) is 4. The van der Waals surface area contributed by atoms with Crippen LogP contribution >= 0.6 is 23.2 Å². The number of esters is 1. The predicted octanol–water partition coefficient (Wildman–Crippen LogP) is 4.77. The first-order chi connectivity index (χ1) is 29.0. The minimum Gasteiger partial charge on any atom is -0.481 e. The lowest BCUT2D eigenvalue weighted by atomic mass is 10.0. The fourth-order valence-electron chi connectivity index (χ4n) is 5.61. The largest absolute Gasteiger partial charge is 0.481 e. The first-order valence-corrected chi connectivity index (χ1v) is 19.8. The van der Waals surface area contributed by atoms with Gasteiger partial charge in [-0.1, -0.05) is 73.4 Å². The number of aliphatic carboxylic acids is 1. The number of nitrogens with one attached hydrogen (secondary N) is 4. The first kappa shape index (κ1) is 49.0. The standard InChI is InChI=1S/C22H27N3O4.C20H19Cl2N3O7/c1-15(22(29)25-19(14-26)12-16(2)27)11-20(28)21-23-13-18(24-21)10-6-9-17-7-4-3-5-8-17;1-10(7-14(26)18-23-5-6-24-18)19(30)25-13(8-16(28)29)15(27)9-32-20(31)17-11(21)3-2-4-12(17)22/h3-5,7-8,13-15,19H,6,9-12H2,1-2H3,(H,23,24)(H,25,29);2-6,10,13H,7-9H2,1H3,(H,23,24)(H,25,30)(H,28,29)/t15-,19+;10-,13?/m11/s1. The zero-order valence-electron chi connectivity index (χ0n) is 33.6. The summed E-state index contributed by atoms with van der Waals surface area (Å²) in [7, 11) is 0. The lowest BCUT2D eigenvalue weighted by molar-refractivity contribution is -0.141. The van der Waals surface area contributed by atoms with Crippen LogP contribution in [0.15, 0.2) is 67.1 Å². The second-order valence-electron chi connectivity index (χ2n) is 14.0. The number of ether oxygens (including phenoxy) is 1. The molecule has 0 saturated carbocycles. The van der Waals surface area contributed by atoms with Crippen molar-refractivity contribution in [3.8, 4) is 0 Å². The van der Waals surface area contributed by atoms with Gasteiger partial charge in [-0.3, -0.25) is 33.6 Å². The molecule has 61 heavy (non-hydrogen) atoms. The Bertz CT molecular complexity index is 2160. The van der Waals surface area contributed by atoms with E-state index in [0.717, 1.165) is 25.0 Å². The Morgan fingerprint density at radius 2 is 1.43 bits per heavy atom. The third-order valence-electron chi connectivity index (χ3n) is 8.88. The van der Waals surface area contributed by atoms with Crippen molar-refractivity contribution in [1.29, 1.82) is 0 Å². The van der Waals surface area contributed by atoms with Gasteiger partial charge in [-0.05, 0) is 43.9 Å². The normalized spacial score (nSPS) is 12.6. The van der Waals surface area contributed by atoms with Gasteiger partial charge in [-0.2, -0.15) is 0 Å². The molecule has 19 heteroatoms. The summed E-state index contributed by atoms with van der Waals surface area (Å²) in [5, 5.41) is 13.9. The minimum atomic E-state index is -1.48. The molecule has 2 amide bonds. The molecule has 4 atom stereocenters. The molecule has 0 aliphatic carbocycles. The van der Waals surface area contributed by atoms with Crippen molar-refractivity contribution in [2.45, 2.75) is 77.8 Å². The van der Waals surface area contributed by atoms with E-state index in [0.29, 0.717) is 6.29 Å². The molecular formula is C42H46Cl2N6O11. The maximum absolute atomic E-state index is 12.4. The molecular weight excluding hydrogens is 835 g/mol. The van der Waals surface area contributed by atoms with Crippen LogP contribution in [0.4, 0.5) is 0 Å². The van der Waals surface area contributed by atoms with E-state index in [1.54, 1.807) is 13.1 Å².